The first-order valence-electron chi connectivity index (χ1n) is 6.28. The van der Waals surface area contributed by atoms with Gasteiger partial charge in [-0.1, -0.05) is 23.7 Å². The molecule has 0 bridgehead atoms. The number of nitrogens with one attached hydrogen (secondary N) is 3. The van der Waals surface area contributed by atoms with Crippen molar-refractivity contribution in [2.45, 2.75) is 25.3 Å². The molecular formula is C13H18ClN3O. The first-order valence-corrected chi connectivity index (χ1v) is 6.66. The van der Waals surface area contributed by atoms with E-state index < -0.39 is 0 Å². The van der Waals surface area contributed by atoms with E-state index in [-0.39, 0.29) is 12.1 Å². The van der Waals surface area contributed by atoms with Crippen LogP contribution in [0.3, 0.4) is 0 Å². The van der Waals surface area contributed by atoms with Crippen LogP contribution in [0.5, 0.6) is 0 Å². The summed E-state index contributed by atoms with van der Waals surface area (Å²) in [5.74, 6) is 0. The van der Waals surface area contributed by atoms with E-state index in [0.717, 1.165) is 32.4 Å². The normalized spacial score (nSPS) is 19.9. The predicted octanol–water partition coefficient (Wildman–Crippen LogP) is 2.60. The van der Waals surface area contributed by atoms with E-state index in [9.17, 15) is 4.79 Å². The van der Waals surface area contributed by atoms with Crippen LogP contribution in [0.4, 0.5) is 10.5 Å². The number of anilines is 1. The fraction of sp³-hybridized carbons (Fsp3) is 0.462. The molecule has 1 aromatic rings. The molecule has 0 saturated carbocycles. The molecule has 4 nitrogen and oxygen atoms in total. The summed E-state index contributed by atoms with van der Waals surface area (Å²) in [5.41, 5.74) is 0.642. The number of hydrogen-bond donors (Lipinski definition) is 3. The number of rotatable bonds is 2. The van der Waals surface area contributed by atoms with Gasteiger partial charge in [-0.2, -0.15) is 0 Å². The number of carbonyl (C=O) groups excluding carboxylic acids is 1. The molecule has 2 rings (SSSR count). The van der Waals surface area contributed by atoms with Crippen molar-refractivity contribution in [2.75, 3.05) is 18.4 Å². The summed E-state index contributed by atoms with van der Waals surface area (Å²) in [6.45, 7) is 1.99. The Balaban J connectivity index is 1.86. The fourth-order valence-corrected chi connectivity index (χ4v) is 2.25. The molecule has 98 valence electrons. The van der Waals surface area contributed by atoms with Crippen LogP contribution in [0.1, 0.15) is 19.3 Å². The maximum atomic E-state index is 11.8. The Morgan fingerprint density at radius 1 is 1.28 bits per heavy atom. The highest BCUT2D eigenvalue weighted by Crippen LogP contribution is 2.20. The van der Waals surface area contributed by atoms with Crippen molar-refractivity contribution in [1.82, 2.24) is 10.6 Å². The number of urea groups is 1. The lowest BCUT2D eigenvalue weighted by Crippen LogP contribution is -2.38. The molecule has 0 spiro atoms. The summed E-state index contributed by atoms with van der Waals surface area (Å²) < 4.78 is 0. The van der Waals surface area contributed by atoms with Gasteiger partial charge in [-0.3, -0.25) is 0 Å². The number of hydrogen-bond acceptors (Lipinski definition) is 2. The van der Waals surface area contributed by atoms with Gasteiger partial charge in [0.2, 0.25) is 0 Å². The average Bonchev–Trinajstić information content (AvgIpc) is 2.61. The Kier molecular flexibility index (Phi) is 4.84. The van der Waals surface area contributed by atoms with Gasteiger partial charge in [-0.15, -0.1) is 0 Å². The molecule has 1 unspecified atom stereocenters. The zero-order valence-corrected chi connectivity index (χ0v) is 11.0. The maximum absolute atomic E-state index is 11.8. The molecule has 1 heterocycles. The summed E-state index contributed by atoms with van der Waals surface area (Å²) in [5, 5.41) is 9.63. The van der Waals surface area contributed by atoms with Gasteiger partial charge in [0, 0.05) is 6.04 Å². The lowest BCUT2D eigenvalue weighted by molar-refractivity contribution is 0.247. The van der Waals surface area contributed by atoms with E-state index in [1.807, 2.05) is 12.1 Å². The first kappa shape index (κ1) is 13.2. The Morgan fingerprint density at radius 3 is 2.94 bits per heavy atom. The molecule has 1 aliphatic heterocycles. The second-order valence-corrected chi connectivity index (χ2v) is 4.86. The number of halogens is 1. The van der Waals surface area contributed by atoms with E-state index in [4.69, 9.17) is 11.6 Å². The Hall–Kier alpha value is -1.26. The predicted molar refractivity (Wildman–Crippen MR) is 74.1 cm³/mol. The van der Waals surface area contributed by atoms with Crippen molar-refractivity contribution in [1.29, 1.82) is 0 Å². The molecule has 3 N–H and O–H groups in total. The zero-order valence-electron chi connectivity index (χ0n) is 10.2. The Morgan fingerprint density at radius 2 is 2.11 bits per heavy atom. The Bertz CT molecular complexity index is 403. The van der Waals surface area contributed by atoms with E-state index >= 15 is 0 Å². The SMILES string of the molecule is O=C(Nc1ccccc1Cl)NC1CCCNCC1. The standard InChI is InChI=1S/C13H18ClN3O/c14-11-5-1-2-6-12(11)17-13(18)16-10-4-3-8-15-9-7-10/h1-2,5-6,10,15H,3-4,7-9H2,(H2,16,17,18). The van der Waals surface area contributed by atoms with Gasteiger partial charge in [-0.05, 0) is 44.5 Å². The van der Waals surface area contributed by atoms with E-state index in [1.165, 1.54) is 0 Å². The summed E-state index contributed by atoms with van der Waals surface area (Å²) in [4.78, 5) is 11.8. The van der Waals surface area contributed by atoms with Gasteiger partial charge >= 0.3 is 6.03 Å². The van der Waals surface area contributed by atoms with Crippen LogP contribution < -0.4 is 16.0 Å². The number of benzene rings is 1. The third-order valence-electron chi connectivity index (χ3n) is 3.03. The minimum atomic E-state index is -0.185. The minimum Gasteiger partial charge on any atom is -0.335 e. The largest absolute Gasteiger partial charge is 0.335 e. The second-order valence-electron chi connectivity index (χ2n) is 4.46. The van der Waals surface area contributed by atoms with E-state index in [1.54, 1.807) is 12.1 Å². The number of para-hydroxylation sites is 1. The van der Waals surface area contributed by atoms with Gasteiger partial charge in [0.1, 0.15) is 0 Å². The summed E-state index contributed by atoms with van der Waals surface area (Å²) >= 11 is 5.98. The number of amides is 2. The van der Waals surface area contributed by atoms with Crippen LogP contribution in [-0.2, 0) is 0 Å². The molecule has 1 atom stereocenters. The topological polar surface area (TPSA) is 53.2 Å². The highest BCUT2D eigenvalue weighted by Gasteiger charge is 2.14. The van der Waals surface area contributed by atoms with Crippen molar-refractivity contribution < 1.29 is 4.79 Å². The molecule has 2 amide bonds. The zero-order chi connectivity index (χ0) is 12.8. The maximum Gasteiger partial charge on any atom is 0.319 e. The molecule has 1 aromatic carbocycles. The van der Waals surface area contributed by atoms with E-state index in [0.29, 0.717) is 10.7 Å². The van der Waals surface area contributed by atoms with Gasteiger partial charge in [0.15, 0.2) is 0 Å². The van der Waals surface area contributed by atoms with Crippen LogP contribution in [0, 0.1) is 0 Å². The van der Waals surface area contributed by atoms with Crippen LogP contribution in [-0.4, -0.2) is 25.2 Å². The van der Waals surface area contributed by atoms with Crippen LogP contribution in [0.15, 0.2) is 24.3 Å². The highest BCUT2D eigenvalue weighted by molar-refractivity contribution is 6.33. The molecule has 0 aliphatic carbocycles. The first-order chi connectivity index (χ1) is 8.75. The highest BCUT2D eigenvalue weighted by atomic mass is 35.5. The lowest BCUT2D eigenvalue weighted by Gasteiger charge is -2.16. The van der Waals surface area contributed by atoms with Gasteiger partial charge in [0.05, 0.1) is 10.7 Å². The van der Waals surface area contributed by atoms with Crippen LogP contribution in [0.2, 0.25) is 5.02 Å². The van der Waals surface area contributed by atoms with Crippen molar-refractivity contribution in [2.24, 2.45) is 0 Å². The van der Waals surface area contributed by atoms with Gasteiger partial charge < -0.3 is 16.0 Å². The molecule has 0 aromatic heterocycles. The quantitative estimate of drug-likeness (QED) is 0.772. The molecular weight excluding hydrogens is 250 g/mol. The van der Waals surface area contributed by atoms with Crippen LogP contribution >= 0.6 is 11.6 Å². The monoisotopic (exact) mass is 267 g/mol. The average molecular weight is 268 g/mol. The van der Waals surface area contributed by atoms with E-state index in [2.05, 4.69) is 16.0 Å². The smallest absolute Gasteiger partial charge is 0.319 e. The van der Waals surface area contributed by atoms with Gasteiger partial charge in [0.25, 0.3) is 0 Å². The third-order valence-corrected chi connectivity index (χ3v) is 3.36. The minimum absolute atomic E-state index is 0.185. The third kappa shape index (κ3) is 3.89. The molecule has 0 radical (unpaired) electrons. The fourth-order valence-electron chi connectivity index (χ4n) is 2.07. The van der Waals surface area contributed by atoms with Crippen molar-refractivity contribution >= 4 is 23.3 Å². The summed E-state index contributed by atoms with van der Waals surface area (Å²) in [7, 11) is 0. The van der Waals surface area contributed by atoms with Crippen molar-refractivity contribution in [3.63, 3.8) is 0 Å². The summed E-state index contributed by atoms with van der Waals surface area (Å²) in [6.07, 6.45) is 3.08. The van der Waals surface area contributed by atoms with Crippen LogP contribution in [0.25, 0.3) is 0 Å². The second kappa shape index (κ2) is 6.61. The molecule has 5 heteroatoms. The number of carbonyl (C=O) groups is 1. The van der Waals surface area contributed by atoms with Crippen molar-refractivity contribution in [3.8, 4) is 0 Å². The molecule has 1 aliphatic rings. The molecule has 18 heavy (non-hydrogen) atoms. The molecule has 1 fully saturated rings. The Labute approximate surface area is 112 Å². The van der Waals surface area contributed by atoms with Crippen molar-refractivity contribution in [3.05, 3.63) is 29.3 Å². The molecule has 1 saturated heterocycles. The summed E-state index contributed by atoms with van der Waals surface area (Å²) in [6, 6.07) is 7.28. The lowest BCUT2D eigenvalue weighted by atomic mass is 10.1. The van der Waals surface area contributed by atoms with Gasteiger partial charge in [-0.25, -0.2) is 4.79 Å².